The van der Waals surface area contributed by atoms with Crippen molar-refractivity contribution in [3.8, 4) is 5.75 Å². The predicted molar refractivity (Wildman–Crippen MR) is 179 cm³/mol. The zero-order valence-electron chi connectivity index (χ0n) is 27.3. The molecule has 6 nitrogen and oxygen atoms in total. The van der Waals surface area contributed by atoms with E-state index in [4.69, 9.17) is 4.43 Å². The number of phenols is 1. The molecule has 0 aromatic heterocycles. The monoisotopic (exact) mass is 604 g/mol. The van der Waals surface area contributed by atoms with E-state index in [-0.39, 0.29) is 41.0 Å². The fraction of sp³-hybridized carbons (Fsp3) is 0.472. The van der Waals surface area contributed by atoms with Crippen molar-refractivity contribution in [2.45, 2.75) is 103 Å². The van der Waals surface area contributed by atoms with Crippen molar-refractivity contribution in [1.29, 1.82) is 0 Å². The van der Waals surface area contributed by atoms with Crippen LogP contribution in [-0.2, 0) is 35.1 Å². The number of aliphatic hydroxyl groups is 1. The Balaban J connectivity index is 1.63. The summed E-state index contributed by atoms with van der Waals surface area (Å²) in [6, 6.07) is 24.0. The molecule has 0 spiro atoms. The molecule has 3 rings (SSSR count). The number of benzene rings is 3. The van der Waals surface area contributed by atoms with Gasteiger partial charge in [-0.15, -0.1) is 0 Å². The van der Waals surface area contributed by atoms with Gasteiger partial charge in [0.15, 0.2) is 8.32 Å². The highest BCUT2D eigenvalue weighted by Gasteiger charge is 2.39. The first-order chi connectivity index (χ1) is 20.1. The summed E-state index contributed by atoms with van der Waals surface area (Å²) in [5.41, 5.74) is 4.47. The Morgan fingerprint density at radius 1 is 0.907 bits per heavy atom. The Labute approximate surface area is 260 Å². The second-order valence-electron chi connectivity index (χ2n) is 14.0. The molecule has 0 saturated carbocycles. The third-order valence-corrected chi connectivity index (χ3v) is 12.9. The van der Waals surface area contributed by atoms with Crippen LogP contribution in [0.2, 0.25) is 18.1 Å². The second kappa shape index (κ2) is 14.7. The summed E-state index contributed by atoms with van der Waals surface area (Å²) in [6.45, 7) is 17.8. The van der Waals surface area contributed by atoms with E-state index in [9.17, 15) is 15.0 Å². The van der Waals surface area contributed by atoms with Crippen molar-refractivity contribution in [2.75, 3.05) is 6.54 Å². The largest absolute Gasteiger partial charge is 0.508 e. The van der Waals surface area contributed by atoms with Crippen molar-refractivity contribution >= 4 is 14.2 Å². The number of rotatable bonds is 14. The molecule has 1 amide bonds. The topological polar surface area (TPSA) is 90.8 Å². The van der Waals surface area contributed by atoms with Crippen LogP contribution in [0.1, 0.15) is 75.5 Å². The lowest BCUT2D eigenvalue weighted by Crippen LogP contribution is -2.45. The van der Waals surface area contributed by atoms with E-state index >= 15 is 0 Å². The number of amides is 1. The molecule has 3 aromatic carbocycles. The first-order valence-electron chi connectivity index (χ1n) is 15.3. The molecule has 4 N–H and O–H groups in total. The molecule has 7 heteroatoms. The van der Waals surface area contributed by atoms with Crippen LogP contribution < -0.4 is 10.6 Å². The number of hydrogen-bond acceptors (Lipinski definition) is 5. The van der Waals surface area contributed by atoms with Crippen LogP contribution in [0.4, 0.5) is 0 Å². The van der Waals surface area contributed by atoms with E-state index in [0.29, 0.717) is 18.5 Å². The average molecular weight is 605 g/mol. The van der Waals surface area contributed by atoms with Crippen LogP contribution in [0.25, 0.3) is 0 Å². The SMILES string of the molecule is C[C@H](Cc1cccc(CC(=O)NC(C)(C)Cc2ccccc2)c1)NC[C@@H](O[Si](C)(C)C(C)(C)C)c1ccc(O)c(CO)c1. The molecule has 43 heavy (non-hydrogen) atoms. The van der Waals surface area contributed by atoms with Crippen molar-refractivity contribution in [1.82, 2.24) is 10.6 Å². The second-order valence-corrected chi connectivity index (χ2v) is 18.8. The smallest absolute Gasteiger partial charge is 0.224 e. The van der Waals surface area contributed by atoms with Crippen molar-refractivity contribution in [2.24, 2.45) is 0 Å². The highest BCUT2D eigenvalue weighted by Crippen LogP contribution is 2.40. The van der Waals surface area contributed by atoms with Crippen LogP contribution in [0.15, 0.2) is 72.8 Å². The highest BCUT2D eigenvalue weighted by molar-refractivity contribution is 6.74. The minimum Gasteiger partial charge on any atom is -0.508 e. The first kappa shape index (κ1) is 34.5. The molecule has 0 aliphatic rings. The Morgan fingerprint density at radius 2 is 1.56 bits per heavy atom. The number of nitrogens with one attached hydrogen (secondary N) is 2. The van der Waals surface area contributed by atoms with Gasteiger partial charge in [0.2, 0.25) is 5.91 Å². The maximum Gasteiger partial charge on any atom is 0.224 e. The fourth-order valence-electron chi connectivity index (χ4n) is 5.05. The van der Waals surface area contributed by atoms with Crippen LogP contribution in [0.5, 0.6) is 5.75 Å². The van der Waals surface area contributed by atoms with Crippen LogP contribution in [-0.4, -0.2) is 42.6 Å². The van der Waals surface area contributed by atoms with E-state index in [1.165, 1.54) is 11.1 Å². The van der Waals surface area contributed by atoms with Gasteiger partial charge in [0.1, 0.15) is 5.75 Å². The summed E-state index contributed by atoms with van der Waals surface area (Å²) in [5, 5.41) is 26.8. The van der Waals surface area contributed by atoms with Gasteiger partial charge in [-0.1, -0.05) is 81.4 Å². The molecular weight excluding hydrogens is 552 g/mol. The van der Waals surface area contributed by atoms with Gasteiger partial charge in [-0.3, -0.25) is 4.79 Å². The first-order valence-corrected chi connectivity index (χ1v) is 18.3. The lowest BCUT2D eigenvalue weighted by molar-refractivity contribution is -0.122. The van der Waals surface area contributed by atoms with Gasteiger partial charge < -0.3 is 25.3 Å². The van der Waals surface area contributed by atoms with Gasteiger partial charge >= 0.3 is 0 Å². The number of carbonyl (C=O) groups excluding carboxylic acids is 1. The normalized spacial score (nSPS) is 13.9. The maximum absolute atomic E-state index is 12.9. The lowest BCUT2D eigenvalue weighted by atomic mass is 9.94. The molecule has 0 bridgehead atoms. The zero-order valence-corrected chi connectivity index (χ0v) is 28.3. The molecule has 0 unspecified atom stereocenters. The van der Waals surface area contributed by atoms with E-state index in [0.717, 1.165) is 24.0 Å². The van der Waals surface area contributed by atoms with Gasteiger partial charge in [-0.25, -0.2) is 0 Å². The zero-order chi connectivity index (χ0) is 31.8. The third kappa shape index (κ3) is 10.6. The molecule has 234 valence electrons. The van der Waals surface area contributed by atoms with Gasteiger partial charge in [-0.05, 0) is 86.1 Å². The molecule has 0 saturated heterocycles. The Hall–Kier alpha value is -2.97. The Morgan fingerprint density at radius 3 is 2.21 bits per heavy atom. The van der Waals surface area contributed by atoms with Crippen molar-refractivity contribution in [3.63, 3.8) is 0 Å². The van der Waals surface area contributed by atoms with E-state index in [1.807, 2.05) is 42.5 Å². The standard InChI is InChI=1S/C36H52N2O4Si/c1-26(37-24-33(42-43(7,8)35(2,3)4)30-17-18-32(40)31(22-30)25-39)19-28-15-12-16-29(20-28)21-34(41)38-36(5,6)23-27-13-10-9-11-14-27/h9-18,20,22,26,33,37,39-40H,19,21,23-25H2,1-8H3,(H,38,41)/t26-,33-/m1/s1. The molecule has 2 atom stereocenters. The molecule has 0 heterocycles. The summed E-state index contributed by atoms with van der Waals surface area (Å²) in [6.07, 6.45) is 1.70. The van der Waals surface area contributed by atoms with E-state index in [1.54, 1.807) is 6.07 Å². The van der Waals surface area contributed by atoms with Crippen molar-refractivity contribution < 1.29 is 19.4 Å². The van der Waals surface area contributed by atoms with Gasteiger partial charge in [-0.2, -0.15) is 0 Å². The summed E-state index contributed by atoms with van der Waals surface area (Å²) < 4.78 is 6.84. The Bertz CT molecular complexity index is 1330. The minimum atomic E-state index is -2.10. The molecular formula is C36H52N2O4Si. The van der Waals surface area contributed by atoms with Crippen LogP contribution in [0.3, 0.4) is 0 Å². The molecule has 0 aliphatic carbocycles. The maximum atomic E-state index is 12.9. The molecule has 0 fully saturated rings. The summed E-state index contributed by atoms with van der Waals surface area (Å²) in [5.74, 6) is 0.109. The van der Waals surface area contributed by atoms with Gasteiger partial charge in [0.25, 0.3) is 0 Å². The summed E-state index contributed by atoms with van der Waals surface area (Å²) in [7, 11) is -2.10. The number of hydrogen-bond donors (Lipinski definition) is 4. The molecule has 0 radical (unpaired) electrons. The quantitative estimate of drug-likeness (QED) is 0.151. The number of aliphatic hydroxyl groups excluding tert-OH is 1. The average Bonchev–Trinajstić information content (AvgIpc) is 2.90. The lowest BCUT2D eigenvalue weighted by Gasteiger charge is -2.40. The van der Waals surface area contributed by atoms with Crippen LogP contribution >= 0.6 is 0 Å². The van der Waals surface area contributed by atoms with E-state index in [2.05, 4.69) is 89.5 Å². The van der Waals surface area contributed by atoms with Gasteiger partial charge in [0.05, 0.1) is 19.1 Å². The highest BCUT2D eigenvalue weighted by atomic mass is 28.4. The molecule has 0 aliphatic heterocycles. The van der Waals surface area contributed by atoms with Crippen LogP contribution in [0, 0.1) is 0 Å². The molecule has 3 aromatic rings. The fourth-order valence-corrected chi connectivity index (χ4v) is 6.33. The predicted octanol–water partition coefficient (Wildman–Crippen LogP) is 6.85. The number of carbonyl (C=O) groups is 1. The van der Waals surface area contributed by atoms with Crippen molar-refractivity contribution in [3.05, 3.63) is 101 Å². The number of aromatic hydroxyl groups is 1. The summed E-state index contributed by atoms with van der Waals surface area (Å²) in [4.78, 5) is 12.9. The van der Waals surface area contributed by atoms with Gasteiger partial charge in [0, 0.05) is 23.7 Å². The van der Waals surface area contributed by atoms with E-state index < -0.39 is 8.32 Å². The Kier molecular flexibility index (Phi) is 11.8. The third-order valence-electron chi connectivity index (χ3n) is 8.41. The summed E-state index contributed by atoms with van der Waals surface area (Å²) >= 11 is 0. The minimum absolute atomic E-state index is 0.0195.